The Morgan fingerprint density at radius 2 is 1.04 bits per heavy atom. The zero-order valence-electron chi connectivity index (χ0n) is 12.0. The average molecular weight is 413 g/mol. The molecule has 0 aliphatic rings. The number of alkyl halides is 6. The molecule has 2 heterocycles. The van der Waals surface area contributed by atoms with Crippen molar-refractivity contribution in [3.05, 3.63) is 55.0 Å². The third kappa shape index (κ3) is 5.27. The van der Waals surface area contributed by atoms with E-state index in [1.165, 1.54) is 0 Å². The molecule has 0 atom stereocenters. The topological polar surface area (TPSA) is 25.8 Å². The fraction of sp³-hybridized carbons (Fsp3) is 0.133. The van der Waals surface area contributed by atoms with Gasteiger partial charge < -0.3 is 4.39 Å². The zero-order chi connectivity index (χ0) is 18.0. The molecule has 0 unspecified atom stereocenters. The van der Waals surface area contributed by atoms with Crippen molar-refractivity contribution in [2.45, 2.75) is 12.4 Å². The van der Waals surface area contributed by atoms with Crippen molar-refractivity contribution in [1.29, 1.82) is 0 Å². The molecule has 2 aromatic heterocycles. The number of rotatable bonds is 0. The van der Waals surface area contributed by atoms with Crippen molar-refractivity contribution in [3.8, 4) is 0 Å². The number of benzene rings is 1. The Bertz CT molecular complexity index is 764. The first kappa shape index (κ1) is 21.1. The molecular weight excluding hydrogens is 405 g/mol. The van der Waals surface area contributed by atoms with Crippen LogP contribution in [0, 0.1) is 6.17 Å². The van der Waals surface area contributed by atoms with E-state index in [1.807, 2.05) is 12.1 Å². The Morgan fingerprint density at radius 3 is 1.32 bits per heavy atom. The Balaban J connectivity index is 0.000000257. The molecule has 0 aliphatic carbocycles. The fourth-order valence-electron chi connectivity index (χ4n) is 1.84. The van der Waals surface area contributed by atoms with Crippen LogP contribution in [0.1, 0.15) is 0 Å². The number of fused-ring (bicyclic) bond motifs is 3. The minimum Gasteiger partial charge on any atom is -0.438 e. The molecule has 0 aliphatic heterocycles. The van der Waals surface area contributed by atoms with E-state index < -0.39 is 18.5 Å². The predicted molar refractivity (Wildman–Crippen MR) is 73.5 cm³/mol. The van der Waals surface area contributed by atoms with Crippen LogP contribution in [0.15, 0.2) is 48.8 Å². The van der Waals surface area contributed by atoms with Crippen molar-refractivity contribution in [2.75, 3.05) is 0 Å². The monoisotopic (exact) mass is 412 g/mol. The molecule has 3 rings (SSSR count). The van der Waals surface area contributed by atoms with E-state index in [4.69, 9.17) is 0 Å². The van der Waals surface area contributed by atoms with Crippen LogP contribution in [0.3, 0.4) is 0 Å². The standard InChI is InChI=1S/C12H8N2.C3F7.Cu/c1-3-9-5-6-10-4-2-8-14-12(10)11(9)13-7-1;4-1(2(5,6)7)3(8,9)10;/h1-8H;;/q;-1;+1. The first-order chi connectivity index (χ1) is 11.1. The molecule has 3 aromatic rings. The molecular formula is C15H8CuF7N2. The summed E-state index contributed by atoms with van der Waals surface area (Å²) in [6, 6.07) is 12.1. The molecule has 2 nitrogen and oxygen atoms in total. The molecule has 138 valence electrons. The van der Waals surface area contributed by atoms with Gasteiger partial charge in [0, 0.05) is 29.3 Å². The first-order valence-electron chi connectivity index (χ1n) is 6.36. The van der Waals surface area contributed by atoms with E-state index in [9.17, 15) is 30.7 Å². The van der Waals surface area contributed by atoms with E-state index in [-0.39, 0.29) is 17.1 Å². The normalized spacial score (nSPS) is 11.8. The quantitative estimate of drug-likeness (QED) is 0.214. The zero-order valence-corrected chi connectivity index (χ0v) is 12.9. The molecule has 0 amide bonds. The Hall–Kier alpha value is -1.93. The van der Waals surface area contributed by atoms with Crippen LogP contribution in [0.2, 0.25) is 0 Å². The van der Waals surface area contributed by atoms with E-state index in [0.29, 0.717) is 0 Å². The third-order valence-electron chi connectivity index (χ3n) is 2.84. The summed E-state index contributed by atoms with van der Waals surface area (Å²) in [5, 5.41) is 2.28. The van der Waals surface area contributed by atoms with Gasteiger partial charge in [-0.3, -0.25) is 9.97 Å². The smallest absolute Gasteiger partial charge is 0.438 e. The molecule has 25 heavy (non-hydrogen) atoms. The summed E-state index contributed by atoms with van der Waals surface area (Å²) >= 11 is 0. The van der Waals surface area contributed by atoms with Crippen LogP contribution >= 0.6 is 0 Å². The second kappa shape index (κ2) is 7.97. The molecule has 0 fully saturated rings. The van der Waals surface area contributed by atoms with Crippen molar-refractivity contribution in [1.82, 2.24) is 9.97 Å². The van der Waals surface area contributed by atoms with Crippen LogP contribution in [0.4, 0.5) is 30.7 Å². The van der Waals surface area contributed by atoms with Gasteiger partial charge in [-0.05, 0) is 12.1 Å². The first-order valence-corrected chi connectivity index (χ1v) is 6.36. The average Bonchev–Trinajstić information content (AvgIpc) is 2.53. The molecule has 1 aromatic carbocycles. The Morgan fingerprint density at radius 1 is 0.680 bits per heavy atom. The molecule has 0 saturated heterocycles. The molecule has 0 N–H and O–H groups in total. The van der Waals surface area contributed by atoms with E-state index in [0.717, 1.165) is 21.8 Å². The summed E-state index contributed by atoms with van der Waals surface area (Å²) in [4.78, 5) is 8.69. The van der Waals surface area contributed by atoms with Crippen LogP contribution < -0.4 is 0 Å². The van der Waals surface area contributed by atoms with Gasteiger partial charge in [-0.25, -0.2) is 26.3 Å². The van der Waals surface area contributed by atoms with Crippen molar-refractivity contribution in [3.63, 3.8) is 0 Å². The van der Waals surface area contributed by atoms with Crippen molar-refractivity contribution < 1.29 is 47.8 Å². The second-order valence-corrected chi connectivity index (χ2v) is 4.53. The predicted octanol–water partition coefficient (Wildman–Crippen LogP) is 5.39. The minimum atomic E-state index is -5.93. The van der Waals surface area contributed by atoms with Crippen LogP contribution in [0.5, 0.6) is 0 Å². The van der Waals surface area contributed by atoms with Gasteiger partial charge in [0.15, 0.2) is 0 Å². The van der Waals surface area contributed by atoms with Gasteiger partial charge in [-0.2, -0.15) is 0 Å². The summed E-state index contributed by atoms with van der Waals surface area (Å²) in [5.74, 6) is 0. The van der Waals surface area contributed by atoms with Crippen molar-refractivity contribution >= 4 is 21.8 Å². The van der Waals surface area contributed by atoms with Crippen LogP contribution in [-0.2, 0) is 17.1 Å². The van der Waals surface area contributed by atoms with Gasteiger partial charge >= 0.3 is 29.4 Å². The summed E-state index contributed by atoms with van der Waals surface area (Å²) < 4.78 is 76.0. The van der Waals surface area contributed by atoms with E-state index >= 15 is 0 Å². The van der Waals surface area contributed by atoms with E-state index in [2.05, 4.69) is 34.2 Å². The fourth-order valence-corrected chi connectivity index (χ4v) is 1.84. The largest absolute Gasteiger partial charge is 1.00 e. The van der Waals surface area contributed by atoms with Gasteiger partial charge in [-0.1, -0.05) is 24.3 Å². The number of pyridine rings is 2. The summed E-state index contributed by atoms with van der Waals surface area (Å²) in [6.07, 6.45) is -12.2. The van der Waals surface area contributed by atoms with Gasteiger partial charge in [-0.15, -0.1) is 0 Å². The number of hydrogen-bond acceptors (Lipinski definition) is 2. The van der Waals surface area contributed by atoms with E-state index in [1.54, 1.807) is 12.4 Å². The number of hydrogen-bond donors (Lipinski definition) is 0. The number of nitrogens with zero attached hydrogens (tertiary/aromatic N) is 2. The molecule has 0 saturated carbocycles. The molecule has 0 radical (unpaired) electrons. The number of aromatic nitrogens is 2. The van der Waals surface area contributed by atoms with Gasteiger partial charge in [0.2, 0.25) is 0 Å². The van der Waals surface area contributed by atoms with Gasteiger partial charge in [0.25, 0.3) is 0 Å². The number of halogens is 7. The van der Waals surface area contributed by atoms with Crippen LogP contribution in [0.25, 0.3) is 21.8 Å². The molecule has 10 heteroatoms. The maximum absolute atomic E-state index is 11.1. The van der Waals surface area contributed by atoms with Crippen LogP contribution in [-0.4, -0.2) is 22.3 Å². The summed E-state index contributed by atoms with van der Waals surface area (Å²) in [7, 11) is 0. The van der Waals surface area contributed by atoms with Gasteiger partial charge in [0.1, 0.15) is 0 Å². The Labute approximate surface area is 147 Å². The summed E-state index contributed by atoms with van der Waals surface area (Å²) in [5.41, 5.74) is 1.95. The third-order valence-corrected chi connectivity index (χ3v) is 2.84. The molecule has 0 bridgehead atoms. The minimum absolute atomic E-state index is 0. The van der Waals surface area contributed by atoms with Gasteiger partial charge in [0.05, 0.1) is 11.0 Å². The SMILES string of the molecule is F[C-](C(F)(F)F)C(F)(F)F.[Cu+].c1cnc2c(c1)ccc1cccnc12. The Kier molecular flexibility index (Phi) is 6.73. The second-order valence-electron chi connectivity index (χ2n) is 4.53. The molecule has 0 spiro atoms. The maximum atomic E-state index is 11.1. The van der Waals surface area contributed by atoms with Crippen molar-refractivity contribution in [2.24, 2.45) is 0 Å². The summed E-state index contributed by atoms with van der Waals surface area (Å²) in [6.45, 7) is 0. The maximum Gasteiger partial charge on any atom is 1.00 e.